The number of nitrogens with zero attached hydrogens (tertiary/aromatic N) is 3. The number of aromatic nitrogens is 2. The summed E-state index contributed by atoms with van der Waals surface area (Å²) in [5.41, 5.74) is 0.0417. The first-order chi connectivity index (χ1) is 17.1. The van der Waals surface area contributed by atoms with Crippen molar-refractivity contribution in [1.82, 2.24) is 10.1 Å². The lowest BCUT2D eigenvalue weighted by Gasteiger charge is -2.52. The van der Waals surface area contributed by atoms with Crippen molar-refractivity contribution in [1.29, 1.82) is 0 Å². The van der Waals surface area contributed by atoms with Gasteiger partial charge in [-0.2, -0.15) is 4.98 Å². The molecule has 7 rings (SSSR count). The number of benzene rings is 2. The Bertz CT molecular complexity index is 1070. The Morgan fingerprint density at radius 3 is 2.14 bits per heavy atom. The van der Waals surface area contributed by atoms with Crippen LogP contribution in [0.15, 0.2) is 65.2 Å². The molecule has 0 spiro atoms. The number of hydrogen-bond donors (Lipinski definition) is 1. The molecule has 1 saturated carbocycles. The van der Waals surface area contributed by atoms with E-state index in [9.17, 15) is 5.11 Å². The smallest absolute Gasteiger partial charge is 0.282 e. The average Bonchev–Trinajstić information content (AvgIpc) is 3.39. The number of rotatable bonds is 7. The van der Waals surface area contributed by atoms with Gasteiger partial charge in [0, 0.05) is 18.1 Å². The van der Waals surface area contributed by atoms with Gasteiger partial charge in [0.2, 0.25) is 5.82 Å². The van der Waals surface area contributed by atoms with Gasteiger partial charge in [-0.15, -0.1) is 11.8 Å². The van der Waals surface area contributed by atoms with Crippen LogP contribution in [0.25, 0.3) is 0 Å². The van der Waals surface area contributed by atoms with Crippen LogP contribution in [0.2, 0.25) is 0 Å². The van der Waals surface area contributed by atoms with Crippen LogP contribution >= 0.6 is 11.8 Å². The molecular formula is C29H36N3O2S+. The van der Waals surface area contributed by atoms with Gasteiger partial charge in [0.15, 0.2) is 12.1 Å². The monoisotopic (exact) mass is 490 g/mol. The van der Waals surface area contributed by atoms with E-state index in [0.29, 0.717) is 11.7 Å². The van der Waals surface area contributed by atoms with E-state index in [-0.39, 0.29) is 0 Å². The van der Waals surface area contributed by atoms with Gasteiger partial charge >= 0.3 is 0 Å². The highest BCUT2D eigenvalue weighted by atomic mass is 32.2. The Labute approximate surface area is 212 Å². The fraction of sp³-hybridized carbons (Fsp3) is 0.517. The first-order valence-corrected chi connectivity index (χ1v) is 14.3. The number of quaternary nitrogens is 1. The van der Waals surface area contributed by atoms with Crippen LogP contribution in [0.1, 0.15) is 67.8 Å². The normalized spacial score (nSPS) is 27.2. The molecule has 3 aliphatic heterocycles. The van der Waals surface area contributed by atoms with Gasteiger partial charge < -0.3 is 14.1 Å². The molecule has 0 radical (unpaired) electrons. The Morgan fingerprint density at radius 2 is 1.51 bits per heavy atom. The minimum Gasteiger partial charge on any atom is -0.373 e. The SMILES string of the molecule is OC(c1ccccc1)(c1ccccc1)c1noc(C[N+]23CCC(CC2)C(SC2CCCCC2)C3)n1. The van der Waals surface area contributed by atoms with Gasteiger partial charge in [-0.3, -0.25) is 0 Å². The number of thioether (sulfide) groups is 1. The first kappa shape index (κ1) is 23.3. The molecule has 5 nitrogen and oxygen atoms in total. The van der Waals surface area contributed by atoms with Crippen molar-refractivity contribution in [2.75, 3.05) is 19.6 Å². The van der Waals surface area contributed by atoms with Gasteiger partial charge in [0.25, 0.3) is 5.89 Å². The van der Waals surface area contributed by atoms with Gasteiger partial charge in [-0.05, 0) is 29.9 Å². The van der Waals surface area contributed by atoms with Gasteiger partial charge in [0.05, 0.1) is 24.9 Å². The molecule has 3 aromatic rings. The topological polar surface area (TPSA) is 59.2 Å². The lowest BCUT2D eigenvalue weighted by Crippen LogP contribution is -2.62. The molecule has 2 aromatic carbocycles. The van der Waals surface area contributed by atoms with Crippen molar-refractivity contribution in [3.05, 3.63) is 83.5 Å². The maximum atomic E-state index is 12.0. The molecule has 35 heavy (non-hydrogen) atoms. The van der Waals surface area contributed by atoms with Gasteiger partial charge in [-0.1, -0.05) is 85.1 Å². The quantitative estimate of drug-likeness (QED) is 0.442. The van der Waals surface area contributed by atoms with E-state index in [2.05, 4.69) is 16.9 Å². The summed E-state index contributed by atoms with van der Waals surface area (Å²) >= 11 is 2.30. The fourth-order valence-corrected chi connectivity index (χ4v) is 8.58. The predicted octanol–water partition coefficient (Wildman–Crippen LogP) is 5.53. The Kier molecular flexibility index (Phi) is 6.46. The summed E-state index contributed by atoms with van der Waals surface area (Å²) in [6.07, 6.45) is 9.66. The zero-order chi connectivity index (χ0) is 23.7. The highest BCUT2D eigenvalue weighted by Crippen LogP contribution is 2.44. The maximum absolute atomic E-state index is 12.0. The summed E-state index contributed by atoms with van der Waals surface area (Å²) in [6.45, 7) is 4.38. The van der Waals surface area contributed by atoms with E-state index in [1.807, 2.05) is 60.7 Å². The van der Waals surface area contributed by atoms with Crippen LogP contribution in [-0.4, -0.2) is 49.9 Å². The molecule has 2 bridgehead atoms. The van der Waals surface area contributed by atoms with Gasteiger partial charge in [-0.25, -0.2) is 0 Å². The summed E-state index contributed by atoms with van der Waals surface area (Å²) in [4.78, 5) is 4.83. The summed E-state index contributed by atoms with van der Waals surface area (Å²) in [7, 11) is 0. The van der Waals surface area contributed by atoms with Crippen LogP contribution < -0.4 is 0 Å². The van der Waals surface area contributed by atoms with Crippen molar-refractivity contribution in [3.8, 4) is 0 Å². The second kappa shape index (κ2) is 9.72. The molecule has 1 unspecified atom stereocenters. The second-order valence-corrected chi connectivity index (χ2v) is 12.4. The van der Waals surface area contributed by atoms with E-state index in [1.54, 1.807) is 0 Å². The molecule has 3 saturated heterocycles. The molecule has 6 heteroatoms. The molecular weight excluding hydrogens is 454 g/mol. The molecule has 184 valence electrons. The number of piperidine rings is 3. The van der Waals surface area contributed by atoms with E-state index >= 15 is 0 Å². The molecule has 1 atom stereocenters. The van der Waals surface area contributed by atoms with Gasteiger partial charge in [0.1, 0.15) is 0 Å². The predicted molar refractivity (Wildman–Crippen MR) is 139 cm³/mol. The molecule has 0 amide bonds. The minimum absolute atomic E-state index is 0.322. The third-order valence-corrected chi connectivity index (χ3v) is 10.3. The van der Waals surface area contributed by atoms with E-state index in [0.717, 1.165) is 38.6 Å². The molecule has 1 aliphatic carbocycles. The summed E-state index contributed by atoms with van der Waals surface area (Å²) in [5, 5.41) is 18.0. The van der Waals surface area contributed by atoms with E-state index in [4.69, 9.17) is 9.51 Å². The van der Waals surface area contributed by atoms with Crippen LogP contribution in [0.3, 0.4) is 0 Å². The van der Waals surface area contributed by atoms with E-state index in [1.165, 1.54) is 64.6 Å². The zero-order valence-corrected chi connectivity index (χ0v) is 21.2. The Balaban J connectivity index is 1.24. The highest BCUT2D eigenvalue weighted by Gasteiger charge is 2.48. The van der Waals surface area contributed by atoms with Crippen LogP contribution in [-0.2, 0) is 12.1 Å². The first-order valence-electron chi connectivity index (χ1n) is 13.3. The van der Waals surface area contributed by atoms with Crippen LogP contribution in [0.4, 0.5) is 0 Å². The zero-order valence-electron chi connectivity index (χ0n) is 20.4. The lowest BCUT2D eigenvalue weighted by atomic mass is 9.85. The third-order valence-electron chi connectivity index (χ3n) is 8.61. The highest BCUT2D eigenvalue weighted by molar-refractivity contribution is 8.00. The Hall–Kier alpha value is -2.15. The average molecular weight is 491 g/mol. The molecule has 4 heterocycles. The number of aliphatic hydroxyl groups is 1. The molecule has 4 aliphatic rings. The summed E-state index contributed by atoms with van der Waals surface area (Å²) < 4.78 is 6.90. The standard InChI is InChI=1S/C29H36N3O2S/c33-29(23-10-4-1-5-11-23,24-12-6-2-7-13-24)28-30-27(34-31-28)21-32-18-16-22(17-19-32)26(20-32)35-25-14-8-3-9-15-25/h1-2,4-7,10-13,22,25-26,33H,3,8-9,14-21H2/q+1. The number of hydrogen-bond acceptors (Lipinski definition) is 5. The van der Waals surface area contributed by atoms with Crippen molar-refractivity contribution in [3.63, 3.8) is 0 Å². The van der Waals surface area contributed by atoms with Crippen molar-refractivity contribution in [2.24, 2.45) is 5.92 Å². The second-order valence-electron chi connectivity index (χ2n) is 10.9. The number of fused-ring (bicyclic) bond motifs is 3. The van der Waals surface area contributed by atoms with Crippen LogP contribution in [0, 0.1) is 5.92 Å². The molecule has 4 fully saturated rings. The third kappa shape index (κ3) is 4.56. The minimum atomic E-state index is -1.45. The Morgan fingerprint density at radius 1 is 0.886 bits per heavy atom. The molecule has 1 aromatic heterocycles. The summed E-state index contributed by atoms with van der Waals surface area (Å²) in [5.74, 6) is 1.84. The van der Waals surface area contributed by atoms with E-state index < -0.39 is 5.60 Å². The van der Waals surface area contributed by atoms with Crippen molar-refractivity contribution >= 4 is 11.8 Å². The lowest BCUT2D eigenvalue weighted by molar-refractivity contribution is -0.955. The largest absolute Gasteiger partial charge is 0.373 e. The molecule has 1 N–H and O–H groups in total. The van der Waals surface area contributed by atoms with Crippen molar-refractivity contribution in [2.45, 2.75) is 67.6 Å². The fourth-order valence-electron chi connectivity index (χ4n) is 6.58. The summed E-state index contributed by atoms with van der Waals surface area (Å²) in [6, 6.07) is 19.3. The van der Waals surface area contributed by atoms with Crippen molar-refractivity contribution < 1.29 is 14.1 Å². The van der Waals surface area contributed by atoms with Crippen LogP contribution in [0.5, 0.6) is 0 Å². The maximum Gasteiger partial charge on any atom is 0.282 e.